The molecule has 0 bridgehead atoms. The number of fused-ring (bicyclic) bond motifs is 1. The Labute approximate surface area is 120 Å². The highest BCUT2D eigenvalue weighted by Gasteiger charge is 2.29. The molecule has 0 radical (unpaired) electrons. The highest BCUT2D eigenvalue weighted by molar-refractivity contribution is 5.41. The summed E-state index contributed by atoms with van der Waals surface area (Å²) in [6.07, 6.45) is 4.86. The molecule has 1 N–H and O–H groups in total. The van der Waals surface area contributed by atoms with Crippen molar-refractivity contribution in [2.45, 2.75) is 25.3 Å². The lowest BCUT2D eigenvalue weighted by atomic mass is 9.82. The van der Waals surface area contributed by atoms with Gasteiger partial charge in [0.15, 0.2) is 0 Å². The molecule has 104 valence electrons. The number of aryl methyl sites for hydroxylation is 1. The second kappa shape index (κ2) is 5.63. The standard InChI is InChI=1S/C17H20N2O/c1-12-7-9-19-11-15(12)17(18-2)14-8-10-20-16-6-4-3-5-13(14)16/h3-7,9,11,14,17-18H,8,10H2,1-2H3. The zero-order chi connectivity index (χ0) is 13.9. The monoisotopic (exact) mass is 268 g/mol. The summed E-state index contributed by atoms with van der Waals surface area (Å²) in [5.74, 6) is 1.44. The molecule has 0 fully saturated rings. The summed E-state index contributed by atoms with van der Waals surface area (Å²) in [7, 11) is 2.02. The van der Waals surface area contributed by atoms with Crippen LogP contribution in [0.3, 0.4) is 0 Å². The maximum Gasteiger partial charge on any atom is 0.122 e. The van der Waals surface area contributed by atoms with Crippen molar-refractivity contribution in [1.82, 2.24) is 10.3 Å². The molecule has 1 aromatic carbocycles. The first-order valence-electron chi connectivity index (χ1n) is 7.10. The molecule has 0 amide bonds. The largest absolute Gasteiger partial charge is 0.493 e. The fourth-order valence-electron chi connectivity index (χ4n) is 3.09. The predicted molar refractivity (Wildman–Crippen MR) is 80.1 cm³/mol. The number of likely N-dealkylation sites (N-methyl/N-ethyl adjacent to an activating group) is 1. The molecule has 3 nitrogen and oxygen atoms in total. The van der Waals surface area contributed by atoms with Gasteiger partial charge in [-0.05, 0) is 49.2 Å². The number of pyridine rings is 1. The lowest BCUT2D eigenvalue weighted by Gasteiger charge is -2.33. The van der Waals surface area contributed by atoms with Gasteiger partial charge < -0.3 is 10.1 Å². The predicted octanol–water partition coefficient (Wildman–Crippen LogP) is 3.22. The third-order valence-electron chi connectivity index (χ3n) is 4.13. The van der Waals surface area contributed by atoms with E-state index in [2.05, 4.69) is 41.5 Å². The number of rotatable bonds is 3. The van der Waals surface area contributed by atoms with E-state index in [1.807, 2.05) is 25.5 Å². The molecule has 1 aliphatic heterocycles. The van der Waals surface area contributed by atoms with Gasteiger partial charge in [0.05, 0.1) is 6.61 Å². The second-order valence-electron chi connectivity index (χ2n) is 5.28. The summed E-state index contributed by atoms with van der Waals surface area (Å²) in [6, 6.07) is 10.7. The Kier molecular flexibility index (Phi) is 3.70. The van der Waals surface area contributed by atoms with E-state index < -0.39 is 0 Å². The van der Waals surface area contributed by atoms with E-state index in [-0.39, 0.29) is 6.04 Å². The molecule has 1 aromatic heterocycles. The highest BCUT2D eigenvalue weighted by atomic mass is 16.5. The Hall–Kier alpha value is -1.87. The molecule has 0 spiro atoms. The lowest BCUT2D eigenvalue weighted by molar-refractivity contribution is 0.248. The van der Waals surface area contributed by atoms with Crippen LogP contribution in [0, 0.1) is 6.92 Å². The van der Waals surface area contributed by atoms with E-state index in [0.717, 1.165) is 18.8 Å². The number of nitrogens with zero attached hydrogens (tertiary/aromatic N) is 1. The van der Waals surface area contributed by atoms with E-state index >= 15 is 0 Å². The fourth-order valence-corrected chi connectivity index (χ4v) is 3.09. The van der Waals surface area contributed by atoms with Crippen molar-refractivity contribution in [3.8, 4) is 5.75 Å². The topological polar surface area (TPSA) is 34.2 Å². The molecule has 2 heterocycles. The Bertz CT molecular complexity index is 597. The number of benzene rings is 1. The van der Waals surface area contributed by atoms with Crippen molar-refractivity contribution in [3.05, 3.63) is 59.4 Å². The minimum atomic E-state index is 0.272. The second-order valence-corrected chi connectivity index (χ2v) is 5.28. The van der Waals surface area contributed by atoms with Gasteiger partial charge >= 0.3 is 0 Å². The van der Waals surface area contributed by atoms with Gasteiger partial charge in [0.25, 0.3) is 0 Å². The maximum atomic E-state index is 5.77. The van der Waals surface area contributed by atoms with Crippen LogP contribution in [0.4, 0.5) is 0 Å². The third-order valence-corrected chi connectivity index (χ3v) is 4.13. The van der Waals surface area contributed by atoms with Gasteiger partial charge in [-0.2, -0.15) is 0 Å². The van der Waals surface area contributed by atoms with Gasteiger partial charge in [0.1, 0.15) is 5.75 Å². The summed E-state index contributed by atoms with van der Waals surface area (Å²) in [5.41, 5.74) is 3.85. The van der Waals surface area contributed by atoms with Crippen LogP contribution in [0.1, 0.15) is 35.1 Å². The molecule has 0 aliphatic carbocycles. The SMILES string of the molecule is CNC(c1cnccc1C)C1CCOc2ccccc21. The zero-order valence-electron chi connectivity index (χ0n) is 12.0. The van der Waals surface area contributed by atoms with Crippen molar-refractivity contribution in [1.29, 1.82) is 0 Å². The quantitative estimate of drug-likeness (QED) is 0.928. The minimum absolute atomic E-state index is 0.272. The summed E-state index contributed by atoms with van der Waals surface area (Å²) >= 11 is 0. The summed E-state index contributed by atoms with van der Waals surface area (Å²) < 4.78 is 5.77. The van der Waals surface area contributed by atoms with Crippen LogP contribution < -0.4 is 10.1 Å². The summed E-state index contributed by atoms with van der Waals surface area (Å²) in [5, 5.41) is 3.47. The van der Waals surface area contributed by atoms with Gasteiger partial charge in [-0.1, -0.05) is 18.2 Å². The van der Waals surface area contributed by atoms with E-state index in [4.69, 9.17) is 4.74 Å². The molecule has 20 heavy (non-hydrogen) atoms. The lowest BCUT2D eigenvalue weighted by Crippen LogP contribution is -2.28. The first-order chi connectivity index (χ1) is 9.81. The van der Waals surface area contributed by atoms with Gasteiger partial charge in [0, 0.05) is 24.4 Å². The number of hydrogen-bond acceptors (Lipinski definition) is 3. The van der Waals surface area contributed by atoms with E-state index in [1.54, 1.807) is 0 Å². The van der Waals surface area contributed by atoms with E-state index in [1.165, 1.54) is 16.7 Å². The number of nitrogens with one attached hydrogen (secondary N) is 1. The Morgan fingerprint density at radius 2 is 2.15 bits per heavy atom. The number of aromatic nitrogens is 1. The van der Waals surface area contributed by atoms with Crippen molar-refractivity contribution in [2.75, 3.05) is 13.7 Å². The average molecular weight is 268 g/mol. The Balaban J connectivity index is 2.01. The Morgan fingerprint density at radius 1 is 1.30 bits per heavy atom. The molecular weight excluding hydrogens is 248 g/mol. The normalized spacial score (nSPS) is 19.0. The van der Waals surface area contributed by atoms with E-state index in [9.17, 15) is 0 Å². The van der Waals surface area contributed by atoms with Crippen LogP contribution >= 0.6 is 0 Å². The average Bonchev–Trinajstić information content (AvgIpc) is 2.50. The van der Waals surface area contributed by atoms with Crippen molar-refractivity contribution >= 4 is 0 Å². The van der Waals surface area contributed by atoms with Crippen LogP contribution in [-0.4, -0.2) is 18.6 Å². The summed E-state index contributed by atoms with van der Waals surface area (Å²) in [4.78, 5) is 4.29. The van der Waals surface area contributed by atoms with Gasteiger partial charge in [-0.25, -0.2) is 0 Å². The van der Waals surface area contributed by atoms with Crippen LogP contribution in [0.15, 0.2) is 42.7 Å². The summed E-state index contributed by atoms with van der Waals surface area (Å²) in [6.45, 7) is 2.92. The van der Waals surface area contributed by atoms with Crippen molar-refractivity contribution in [3.63, 3.8) is 0 Å². The third kappa shape index (κ3) is 2.29. The van der Waals surface area contributed by atoms with E-state index in [0.29, 0.717) is 5.92 Å². The molecule has 2 atom stereocenters. The molecular formula is C17H20N2O. The molecule has 0 saturated heterocycles. The molecule has 0 saturated carbocycles. The van der Waals surface area contributed by atoms with Gasteiger partial charge in [0.2, 0.25) is 0 Å². The fraction of sp³-hybridized carbons (Fsp3) is 0.353. The Morgan fingerprint density at radius 3 is 2.95 bits per heavy atom. The van der Waals surface area contributed by atoms with Crippen molar-refractivity contribution < 1.29 is 4.74 Å². The zero-order valence-corrected chi connectivity index (χ0v) is 12.0. The van der Waals surface area contributed by atoms with Gasteiger partial charge in [-0.3, -0.25) is 4.98 Å². The maximum absolute atomic E-state index is 5.77. The number of ether oxygens (including phenoxy) is 1. The minimum Gasteiger partial charge on any atom is -0.493 e. The van der Waals surface area contributed by atoms with Crippen LogP contribution in [-0.2, 0) is 0 Å². The van der Waals surface area contributed by atoms with Gasteiger partial charge in [-0.15, -0.1) is 0 Å². The molecule has 3 rings (SSSR count). The smallest absolute Gasteiger partial charge is 0.122 e. The molecule has 2 unspecified atom stereocenters. The first-order valence-corrected chi connectivity index (χ1v) is 7.10. The first kappa shape index (κ1) is 13.1. The number of hydrogen-bond donors (Lipinski definition) is 1. The number of para-hydroxylation sites is 1. The highest BCUT2D eigenvalue weighted by Crippen LogP contribution is 2.41. The van der Waals surface area contributed by atoms with Crippen LogP contribution in [0.25, 0.3) is 0 Å². The molecule has 1 aliphatic rings. The van der Waals surface area contributed by atoms with Crippen molar-refractivity contribution in [2.24, 2.45) is 0 Å². The van der Waals surface area contributed by atoms with Crippen LogP contribution in [0.5, 0.6) is 5.75 Å². The van der Waals surface area contributed by atoms with Crippen LogP contribution in [0.2, 0.25) is 0 Å². The molecule has 3 heteroatoms. The molecule has 2 aromatic rings.